The van der Waals surface area contributed by atoms with Crippen molar-refractivity contribution in [1.29, 1.82) is 0 Å². The lowest BCUT2D eigenvalue weighted by Gasteiger charge is -2.26. The number of hydrogen-bond donors (Lipinski definition) is 2. The largest absolute Gasteiger partial charge is 0.396 e. The Balaban J connectivity index is 3.56. The minimum absolute atomic E-state index is 0.280. The molecule has 146 valence electrons. The van der Waals surface area contributed by atoms with E-state index in [0.29, 0.717) is 5.41 Å². The second-order valence-electron chi connectivity index (χ2n) is 8.17. The van der Waals surface area contributed by atoms with E-state index in [0.717, 1.165) is 58.2 Å². The number of aliphatic hydroxyl groups is 1. The molecule has 1 atom stereocenters. The highest BCUT2D eigenvalue weighted by molar-refractivity contribution is 7.51. The van der Waals surface area contributed by atoms with E-state index in [-0.39, 0.29) is 6.61 Å². The van der Waals surface area contributed by atoms with E-state index < -0.39 is 13.2 Å². The highest BCUT2D eigenvalue weighted by Gasteiger charge is 2.26. The molecule has 0 aliphatic heterocycles. The Morgan fingerprint density at radius 2 is 1.38 bits per heavy atom. The van der Waals surface area contributed by atoms with E-state index in [2.05, 4.69) is 13.8 Å². The molecule has 0 aromatic carbocycles. The van der Waals surface area contributed by atoms with Crippen LogP contribution in [-0.4, -0.2) is 42.1 Å². The van der Waals surface area contributed by atoms with E-state index in [1.54, 1.807) is 0 Å². The van der Waals surface area contributed by atoms with Crippen LogP contribution < -0.4 is 0 Å². The lowest BCUT2D eigenvalue weighted by Crippen LogP contribution is -2.22. The average molecular weight is 366 g/mol. The van der Waals surface area contributed by atoms with Crippen molar-refractivity contribution >= 4 is 7.60 Å². The lowest BCUT2D eigenvalue weighted by molar-refractivity contribution is 0.0758. The maximum Gasteiger partial charge on any atom is 0.325 e. The van der Waals surface area contributed by atoms with Crippen LogP contribution in [0.3, 0.4) is 0 Å². The maximum absolute atomic E-state index is 11.3. The van der Waals surface area contributed by atoms with Gasteiger partial charge in [0, 0.05) is 26.5 Å². The van der Waals surface area contributed by atoms with E-state index >= 15 is 0 Å². The minimum atomic E-state index is -3.43. The van der Waals surface area contributed by atoms with Crippen molar-refractivity contribution in [3.05, 3.63) is 0 Å². The molecule has 6 heteroatoms. The van der Waals surface area contributed by atoms with Crippen molar-refractivity contribution in [3.8, 4) is 0 Å². The topological polar surface area (TPSA) is 76.0 Å². The molecule has 24 heavy (non-hydrogen) atoms. The molecule has 0 radical (unpaired) electrons. The van der Waals surface area contributed by atoms with Gasteiger partial charge in [-0.3, -0.25) is 4.57 Å². The highest BCUT2D eigenvalue weighted by Crippen LogP contribution is 2.43. The summed E-state index contributed by atoms with van der Waals surface area (Å²) in [5.74, 6) is 0. The summed E-state index contributed by atoms with van der Waals surface area (Å²) in [6.45, 7) is 11.2. The van der Waals surface area contributed by atoms with Crippen LogP contribution in [0.5, 0.6) is 0 Å². The number of unbranched alkanes of at least 4 members (excludes halogenated alkanes) is 2. The highest BCUT2D eigenvalue weighted by atomic mass is 31.2. The molecule has 0 spiro atoms. The summed E-state index contributed by atoms with van der Waals surface area (Å²) >= 11 is 0. The summed E-state index contributed by atoms with van der Waals surface area (Å²) in [4.78, 5) is 9.28. The van der Waals surface area contributed by atoms with Crippen molar-refractivity contribution in [2.75, 3.05) is 26.5 Å². The summed E-state index contributed by atoms with van der Waals surface area (Å²) in [5.41, 5.74) is -0.265. The molecule has 0 aromatic heterocycles. The molecule has 2 N–H and O–H groups in total. The average Bonchev–Trinajstić information content (AvgIpc) is 2.40. The van der Waals surface area contributed by atoms with E-state index in [1.807, 2.05) is 13.8 Å². The third-order valence-electron chi connectivity index (χ3n) is 4.14. The van der Waals surface area contributed by atoms with Crippen molar-refractivity contribution in [3.63, 3.8) is 0 Å². The Kier molecular flexibility index (Phi) is 11.7. The molecule has 0 aliphatic carbocycles. The van der Waals surface area contributed by atoms with Gasteiger partial charge in [-0.1, -0.05) is 20.3 Å². The predicted molar refractivity (Wildman–Crippen MR) is 99.5 cm³/mol. The van der Waals surface area contributed by atoms with Gasteiger partial charge in [0.2, 0.25) is 0 Å². The van der Waals surface area contributed by atoms with Gasteiger partial charge in [0.25, 0.3) is 0 Å². The van der Waals surface area contributed by atoms with Crippen LogP contribution in [0.4, 0.5) is 0 Å². The number of hydrogen-bond acceptors (Lipinski definition) is 4. The first kappa shape index (κ1) is 24.1. The number of ether oxygens (including phenoxy) is 1. The van der Waals surface area contributed by atoms with Gasteiger partial charge < -0.3 is 19.3 Å². The quantitative estimate of drug-likeness (QED) is 0.323. The zero-order valence-electron chi connectivity index (χ0n) is 16.3. The second kappa shape index (κ2) is 11.6. The van der Waals surface area contributed by atoms with Crippen molar-refractivity contribution in [2.24, 2.45) is 5.41 Å². The second-order valence-corrected chi connectivity index (χ2v) is 9.96. The number of aliphatic hydroxyl groups excluding tert-OH is 1. The first-order chi connectivity index (χ1) is 11.0. The first-order valence-electron chi connectivity index (χ1n) is 9.17. The van der Waals surface area contributed by atoms with Gasteiger partial charge in [0.1, 0.15) is 0 Å². The standard InChI is InChI=1S/C18H39O5P/c1-17(2,12-10-14-19)11-6-8-15-22-16-9-7-13-18(3,4)23-24(5,20)21/h19H,6-16H2,1-5H3,(H,20,21). The van der Waals surface area contributed by atoms with Gasteiger partial charge in [-0.25, -0.2) is 0 Å². The zero-order chi connectivity index (χ0) is 18.7. The van der Waals surface area contributed by atoms with Gasteiger partial charge in [0.05, 0.1) is 5.60 Å². The smallest absolute Gasteiger partial charge is 0.325 e. The number of rotatable bonds is 15. The fourth-order valence-electron chi connectivity index (χ4n) is 2.85. The molecule has 1 unspecified atom stereocenters. The molecule has 0 saturated carbocycles. The molecule has 0 amide bonds. The van der Waals surface area contributed by atoms with Gasteiger partial charge in [-0.15, -0.1) is 0 Å². The third-order valence-corrected chi connectivity index (χ3v) is 4.97. The summed E-state index contributed by atoms with van der Waals surface area (Å²) in [6, 6.07) is 0. The molecule has 0 rings (SSSR count). The molecule has 0 aliphatic rings. The molecule has 0 bridgehead atoms. The minimum Gasteiger partial charge on any atom is -0.396 e. The predicted octanol–water partition coefficient (Wildman–Crippen LogP) is 4.75. The van der Waals surface area contributed by atoms with Crippen molar-refractivity contribution in [1.82, 2.24) is 0 Å². The Hall–Kier alpha value is 0.0700. The SMILES string of the molecule is CC(C)(CCCO)CCCCOCCCCC(C)(C)OP(C)(=O)O. The zero-order valence-corrected chi connectivity index (χ0v) is 17.2. The fraction of sp³-hybridized carbons (Fsp3) is 1.00. The maximum atomic E-state index is 11.3. The van der Waals surface area contributed by atoms with E-state index in [1.165, 1.54) is 13.1 Å². The van der Waals surface area contributed by atoms with Crippen LogP contribution >= 0.6 is 7.60 Å². The van der Waals surface area contributed by atoms with Gasteiger partial charge in [-0.2, -0.15) is 0 Å². The van der Waals surface area contributed by atoms with Crippen LogP contribution in [-0.2, 0) is 13.8 Å². The first-order valence-corrected chi connectivity index (χ1v) is 11.2. The molecule has 0 saturated heterocycles. The Bertz CT molecular complexity index is 362. The summed E-state index contributed by atoms with van der Waals surface area (Å²) < 4.78 is 22.2. The molecule has 0 fully saturated rings. The normalized spacial score (nSPS) is 15.5. The van der Waals surface area contributed by atoms with Gasteiger partial charge >= 0.3 is 7.60 Å². The third kappa shape index (κ3) is 15.6. The summed E-state index contributed by atoms with van der Waals surface area (Å²) in [7, 11) is -3.43. The van der Waals surface area contributed by atoms with Crippen molar-refractivity contribution in [2.45, 2.75) is 84.7 Å². The molecule has 5 nitrogen and oxygen atoms in total. The lowest BCUT2D eigenvalue weighted by atomic mass is 9.83. The Morgan fingerprint density at radius 1 is 0.875 bits per heavy atom. The molecular formula is C18H39O5P. The van der Waals surface area contributed by atoms with Crippen LogP contribution in [0.15, 0.2) is 0 Å². The van der Waals surface area contributed by atoms with E-state index in [9.17, 15) is 9.46 Å². The van der Waals surface area contributed by atoms with Gasteiger partial charge in [0.15, 0.2) is 0 Å². The molecule has 0 heterocycles. The van der Waals surface area contributed by atoms with Gasteiger partial charge in [-0.05, 0) is 64.2 Å². The summed E-state index contributed by atoms with van der Waals surface area (Å²) in [5, 5.41) is 8.89. The fourth-order valence-corrected chi connectivity index (χ4v) is 3.86. The van der Waals surface area contributed by atoms with Crippen LogP contribution in [0.25, 0.3) is 0 Å². The van der Waals surface area contributed by atoms with Crippen LogP contribution in [0.1, 0.15) is 79.1 Å². The van der Waals surface area contributed by atoms with Crippen molar-refractivity contribution < 1.29 is 23.8 Å². The Morgan fingerprint density at radius 3 is 1.88 bits per heavy atom. The molecular weight excluding hydrogens is 327 g/mol. The molecule has 0 aromatic rings. The monoisotopic (exact) mass is 366 g/mol. The van der Waals surface area contributed by atoms with Crippen LogP contribution in [0, 0.1) is 5.41 Å². The Labute approximate surface area is 148 Å². The van der Waals surface area contributed by atoms with Crippen LogP contribution in [0.2, 0.25) is 0 Å². The van der Waals surface area contributed by atoms with E-state index in [4.69, 9.17) is 14.4 Å². The summed E-state index contributed by atoms with van der Waals surface area (Å²) in [6.07, 6.45) is 7.94.